The van der Waals surface area contributed by atoms with Crippen LogP contribution in [-0.4, -0.2) is 35.1 Å². The number of anilines is 1. The molecular weight excluding hydrogens is 378 g/mol. The van der Waals surface area contributed by atoms with Crippen LogP contribution in [0.25, 0.3) is 22.6 Å². The average molecular weight is 406 g/mol. The summed E-state index contributed by atoms with van der Waals surface area (Å²) in [6, 6.07) is 9.97. The Balaban J connectivity index is 1.56. The third-order valence-electron chi connectivity index (χ3n) is 5.49. The van der Waals surface area contributed by atoms with Crippen molar-refractivity contribution in [2.24, 2.45) is 5.92 Å². The number of amides is 1. The van der Waals surface area contributed by atoms with Crippen LogP contribution in [0.15, 0.2) is 41.1 Å². The van der Waals surface area contributed by atoms with Crippen LogP contribution in [0.4, 0.5) is 5.95 Å². The van der Waals surface area contributed by atoms with Crippen LogP contribution in [0.2, 0.25) is 0 Å². The molecule has 1 aliphatic rings. The lowest BCUT2D eigenvalue weighted by Crippen LogP contribution is -2.28. The summed E-state index contributed by atoms with van der Waals surface area (Å²) < 4.78 is 5.46. The van der Waals surface area contributed by atoms with Crippen molar-refractivity contribution in [1.82, 2.24) is 20.4 Å². The van der Waals surface area contributed by atoms with Crippen LogP contribution in [0.3, 0.4) is 0 Å². The zero-order valence-electron chi connectivity index (χ0n) is 17.7. The second-order valence-electron chi connectivity index (χ2n) is 8.06. The Morgan fingerprint density at radius 1 is 1.20 bits per heavy atom. The molecule has 7 nitrogen and oxygen atoms in total. The van der Waals surface area contributed by atoms with E-state index in [0.717, 1.165) is 53.8 Å². The van der Waals surface area contributed by atoms with Crippen molar-refractivity contribution in [3.63, 3.8) is 0 Å². The number of carbonyl (C=O) groups excluding carboxylic acids is 1. The Hall–Kier alpha value is -3.22. The Morgan fingerprint density at radius 2 is 1.93 bits per heavy atom. The van der Waals surface area contributed by atoms with E-state index in [-0.39, 0.29) is 11.8 Å². The summed E-state index contributed by atoms with van der Waals surface area (Å²) in [5, 5.41) is 7.06. The fourth-order valence-electron chi connectivity index (χ4n) is 3.78. The van der Waals surface area contributed by atoms with Gasteiger partial charge in [0.1, 0.15) is 0 Å². The van der Waals surface area contributed by atoms with Gasteiger partial charge in [-0.1, -0.05) is 42.3 Å². The summed E-state index contributed by atoms with van der Waals surface area (Å²) in [7, 11) is 3.82. The first kappa shape index (κ1) is 20.1. The number of aryl methyl sites for hydroxylation is 1. The van der Waals surface area contributed by atoms with Gasteiger partial charge in [-0.25, -0.2) is 9.97 Å². The zero-order chi connectivity index (χ0) is 21.1. The number of nitrogens with zero attached hydrogens (tertiary/aromatic N) is 4. The third-order valence-corrected chi connectivity index (χ3v) is 5.49. The summed E-state index contributed by atoms with van der Waals surface area (Å²) in [6.07, 6.45) is 6.11. The summed E-state index contributed by atoms with van der Waals surface area (Å²) >= 11 is 0. The van der Waals surface area contributed by atoms with E-state index in [2.05, 4.69) is 15.5 Å². The molecular formula is C23H27N5O2. The summed E-state index contributed by atoms with van der Waals surface area (Å²) in [5.41, 5.74) is 4.40. The highest BCUT2D eigenvalue weighted by molar-refractivity contribution is 5.79. The molecule has 0 unspecified atom stereocenters. The minimum absolute atomic E-state index is 0.172. The van der Waals surface area contributed by atoms with E-state index in [9.17, 15) is 4.79 Å². The van der Waals surface area contributed by atoms with Crippen molar-refractivity contribution in [2.75, 3.05) is 19.0 Å². The average Bonchev–Trinajstić information content (AvgIpc) is 3.44. The molecule has 1 fully saturated rings. The predicted octanol–water partition coefficient (Wildman–Crippen LogP) is 3.98. The van der Waals surface area contributed by atoms with Gasteiger partial charge in [-0.2, -0.15) is 0 Å². The lowest BCUT2D eigenvalue weighted by atomic mass is 10.0. The van der Waals surface area contributed by atoms with Crippen molar-refractivity contribution in [2.45, 2.75) is 39.2 Å². The second-order valence-corrected chi connectivity index (χ2v) is 8.06. The highest BCUT2D eigenvalue weighted by atomic mass is 16.5. The SMILES string of the molecule is Cc1cc(-c2cnc(N(C)C)nc2-c2ccc(CNC(=O)C3CCCC3)cc2)on1. The number of nitrogens with one attached hydrogen (secondary N) is 1. The Bertz CT molecular complexity index is 1020. The fraction of sp³-hybridized carbons (Fsp3) is 0.391. The Labute approximate surface area is 176 Å². The lowest BCUT2D eigenvalue weighted by Gasteiger charge is -2.14. The van der Waals surface area contributed by atoms with E-state index in [1.165, 1.54) is 0 Å². The normalized spacial score (nSPS) is 14.1. The van der Waals surface area contributed by atoms with Crippen LogP contribution < -0.4 is 10.2 Å². The molecule has 0 aliphatic heterocycles. The molecule has 156 valence electrons. The van der Waals surface area contributed by atoms with E-state index in [4.69, 9.17) is 9.51 Å². The van der Waals surface area contributed by atoms with Crippen molar-refractivity contribution in [3.05, 3.63) is 47.8 Å². The maximum absolute atomic E-state index is 12.3. The number of rotatable bonds is 6. The lowest BCUT2D eigenvalue weighted by molar-refractivity contribution is -0.124. The van der Waals surface area contributed by atoms with Crippen LogP contribution in [0, 0.1) is 12.8 Å². The van der Waals surface area contributed by atoms with Crippen molar-refractivity contribution in [3.8, 4) is 22.6 Å². The number of hydrogen-bond donors (Lipinski definition) is 1. The van der Waals surface area contributed by atoms with Gasteiger partial charge in [-0.05, 0) is 25.3 Å². The van der Waals surface area contributed by atoms with E-state index in [1.807, 2.05) is 56.3 Å². The predicted molar refractivity (Wildman–Crippen MR) is 116 cm³/mol. The smallest absolute Gasteiger partial charge is 0.225 e. The molecule has 1 amide bonds. The fourth-order valence-corrected chi connectivity index (χ4v) is 3.78. The van der Waals surface area contributed by atoms with Gasteiger partial charge in [0, 0.05) is 44.4 Å². The molecule has 0 radical (unpaired) electrons. The van der Waals surface area contributed by atoms with Gasteiger partial charge in [-0.15, -0.1) is 0 Å². The van der Waals surface area contributed by atoms with Gasteiger partial charge in [0.2, 0.25) is 11.9 Å². The molecule has 1 aliphatic carbocycles. The summed E-state index contributed by atoms with van der Waals surface area (Å²) in [6.45, 7) is 2.42. The first-order chi connectivity index (χ1) is 14.5. The molecule has 1 aromatic carbocycles. The largest absolute Gasteiger partial charge is 0.356 e. The van der Waals surface area contributed by atoms with Crippen molar-refractivity contribution < 1.29 is 9.32 Å². The van der Waals surface area contributed by atoms with Gasteiger partial charge in [0.05, 0.1) is 17.0 Å². The molecule has 3 aromatic rings. The monoisotopic (exact) mass is 405 g/mol. The molecule has 0 spiro atoms. The molecule has 2 heterocycles. The Morgan fingerprint density at radius 3 is 2.57 bits per heavy atom. The number of aromatic nitrogens is 3. The first-order valence-electron chi connectivity index (χ1n) is 10.4. The van der Waals surface area contributed by atoms with Crippen molar-refractivity contribution in [1.29, 1.82) is 0 Å². The minimum Gasteiger partial charge on any atom is -0.356 e. The maximum atomic E-state index is 12.3. The quantitative estimate of drug-likeness (QED) is 0.668. The second kappa shape index (κ2) is 8.65. The number of benzene rings is 1. The highest BCUT2D eigenvalue weighted by Crippen LogP contribution is 2.32. The molecule has 30 heavy (non-hydrogen) atoms. The maximum Gasteiger partial charge on any atom is 0.225 e. The molecule has 1 N–H and O–H groups in total. The van der Waals surface area contributed by atoms with Gasteiger partial charge in [0.15, 0.2) is 5.76 Å². The van der Waals surface area contributed by atoms with E-state index in [1.54, 1.807) is 6.20 Å². The first-order valence-corrected chi connectivity index (χ1v) is 10.4. The standard InChI is InChI=1S/C23H27N5O2/c1-15-12-20(30-27-15)19-14-25-23(28(2)3)26-21(19)17-10-8-16(9-11-17)13-24-22(29)18-6-4-5-7-18/h8-12,14,18H,4-7,13H2,1-3H3,(H,24,29). The van der Waals surface area contributed by atoms with E-state index in [0.29, 0.717) is 18.3 Å². The van der Waals surface area contributed by atoms with Crippen LogP contribution in [-0.2, 0) is 11.3 Å². The molecule has 0 bridgehead atoms. The van der Waals surface area contributed by atoms with Crippen LogP contribution >= 0.6 is 0 Å². The third kappa shape index (κ3) is 4.35. The molecule has 2 aromatic heterocycles. The number of hydrogen-bond acceptors (Lipinski definition) is 6. The molecule has 1 saturated carbocycles. The van der Waals surface area contributed by atoms with Gasteiger partial charge >= 0.3 is 0 Å². The molecule has 4 rings (SSSR count). The molecule has 7 heteroatoms. The molecule has 0 atom stereocenters. The van der Waals surface area contributed by atoms with Crippen LogP contribution in [0.5, 0.6) is 0 Å². The van der Waals surface area contributed by atoms with Gasteiger partial charge in [-0.3, -0.25) is 4.79 Å². The van der Waals surface area contributed by atoms with Crippen molar-refractivity contribution >= 4 is 11.9 Å². The zero-order valence-corrected chi connectivity index (χ0v) is 17.7. The van der Waals surface area contributed by atoms with Gasteiger partial charge < -0.3 is 14.7 Å². The topological polar surface area (TPSA) is 84.2 Å². The Kier molecular flexibility index (Phi) is 5.79. The van der Waals surface area contributed by atoms with Gasteiger partial charge in [0.25, 0.3) is 0 Å². The summed E-state index contributed by atoms with van der Waals surface area (Å²) in [4.78, 5) is 23.3. The molecule has 0 saturated heterocycles. The van der Waals surface area contributed by atoms with E-state index >= 15 is 0 Å². The van der Waals surface area contributed by atoms with E-state index < -0.39 is 0 Å². The number of carbonyl (C=O) groups is 1. The minimum atomic E-state index is 0.172. The highest BCUT2D eigenvalue weighted by Gasteiger charge is 2.22. The summed E-state index contributed by atoms with van der Waals surface area (Å²) in [5.74, 6) is 1.62. The van der Waals surface area contributed by atoms with Crippen LogP contribution in [0.1, 0.15) is 36.9 Å².